The number of hydrogen-bond donors (Lipinski definition) is 1. The number of likely N-dealkylation sites (tertiary alicyclic amines) is 1. The summed E-state index contributed by atoms with van der Waals surface area (Å²) >= 11 is 0. The van der Waals surface area contributed by atoms with Crippen LogP contribution in [0.3, 0.4) is 0 Å². The van der Waals surface area contributed by atoms with Crippen molar-refractivity contribution in [3.8, 4) is 0 Å². The third-order valence-corrected chi connectivity index (χ3v) is 4.30. The molecular weight excluding hydrogens is 236 g/mol. The number of rotatable bonds is 1. The zero-order valence-electron chi connectivity index (χ0n) is 11.4. The Hall–Kier alpha value is -1.51. The second-order valence-corrected chi connectivity index (χ2v) is 5.59. The van der Waals surface area contributed by atoms with Gasteiger partial charge >= 0.3 is 0 Å². The second kappa shape index (κ2) is 5.64. The van der Waals surface area contributed by atoms with Crippen LogP contribution in [0.2, 0.25) is 0 Å². The lowest BCUT2D eigenvalue weighted by molar-refractivity contribution is -0.132. The number of fused-ring (bicyclic) bond motifs is 1. The standard InChI is InChI=1S/C16H22N2O/c19-16(18-11-5-1-2-6-12-18)14-9-10-17-15-8-4-3-7-13(14)15/h3-4,7-8,14,17H,1-2,5-6,9-12H2. The summed E-state index contributed by atoms with van der Waals surface area (Å²) in [5, 5.41) is 3.39. The molecule has 2 heterocycles. The van der Waals surface area contributed by atoms with Crippen LogP contribution in [0.5, 0.6) is 0 Å². The van der Waals surface area contributed by atoms with E-state index in [2.05, 4.69) is 22.3 Å². The molecular formula is C16H22N2O. The van der Waals surface area contributed by atoms with E-state index in [4.69, 9.17) is 0 Å². The summed E-state index contributed by atoms with van der Waals surface area (Å²) < 4.78 is 0. The molecule has 0 bridgehead atoms. The van der Waals surface area contributed by atoms with Gasteiger partial charge < -0.3 is 10.2 Å². The molecule has 1 aromatic rings. The minimum Gasteiger partial charge on any atom is -0.385 e. The summed E-state index contributed by atoms with van der Waals surface area (Å²) in [7, 11) is 0. The van der Waals surface area contributed by atoms with Crippen molar-refractivity contribution in [3.63, 3.8) is 0 Å². The number of amides is 1. The minimum absolute atomic E-state index is 0.0653. The van der Waals surface area contributed by atoms with Gasteiger partial charge in [0.05, 0.1) is 5.92 Å². The first-order chi connectivity index (χ1) is 9.36. The third kappa shape index (κ3) is 2.60. The Balaban J connectivity index is 1.80. The largest absolute Gasteiger partial charge is 0.385 e. The van der Waals surface area contributed by atoms with Crippen LogP contribution in [0.4, 0.5) is 5.69 Å². The molecule has 0 spiro atoms. The third-order valence-electron chi connectivity index (χ3n) is 4.30. The van der Waals surface area contributed by atoms with E-state index < -0.39 is 0 Å². The summed E-state index contributed by atoms with van der Waals surface area (Å²) in [5.41, 5.74) is 2.32. The van der Waals surface area contributed by atoms with Crippen molar-refractivity contribution in [2.75, 3.05) is 25.0 Å². The van der Waals surface area contributed by atoms with Crippen molar-refractivity contribution < 1.29 is 4.79 Å². The van der Waals surface area contributed by atoms with Crippen LogP contribution < -0.4 is 5.32 Å². The predicted molar refractivity (Wildman–Crippen MR) is 77.3 cm³/mol. The van der Waals surface area contributed by atoms with E-state index in [0.29, 0.717) is 5.91 Å². The topological polar surface area (TPSA) is 32.3 Å². The lowest BCUT2D eigenvalue weighted by atomic mass is 9.89. The van der Waals surface area contributed by atoms with Gasteiger partial charge in [-0.2, -0.15) is 0 Å². The van der Waals surface area contributed by atoms with Crippen molar-refractivity contribution in [3.05, 3.63) is 29.8 Å². The molecule has 2 aliphatic heterocycles. The van der Waals surface area contributed by atoms with E-state index in [1.54, 1.807) is 0 Å². The number of para-hydroxylation sites is 1. The number of nitrogens with zero attached hydrogens (tertiary/aromatic N) is 1. The number of benzene rings is 1. The van der Waals surface area contributed by atoms with E-state index in [0.717, 1.165) is 31.7 Å². The van der Waals surface area contributed by atoms with Gasteiger partial charge in [0.25, 0.3) is 0 Å². The van der Waals surface area contributed by atoms with Crippen molar-refractivity contribution in [2.24, 2.45) is 0 Å². The molecule has 3 heteroatoms. The van der Waals surface area contributed by atoms with Gasteiger partial charge in [0.1, 0.15) is 0 Å². The van der Waals surface area contributed by atoms with Gasteiger partial charge in [0.15, 0.2) is 0 Å². The molecule has 3 nitrogen and oxygen atoms in total. The molecule has 0 radical (unpaired) electrons. The molecule has 102 valence electrons. The van der Waals surface area contributed by atoms with Crippen LogP contribution in [0.1, 0.15) is 43.6 Å². The fourth-order valence-electron chi connectivity index (χ4n) is 3.24. The molecule has 1 amide bonds. The molecule has 19 heavy (non-hydrogen) atoms. The van der Waals surface area contributed by atoms with Crippen LogP contribution in [0.15, 0.2) is 24.3 Å². The summed E-state index contributed by atoms with van der Waals surface area (Å²) in [6.07, 6.45) is 5.79. The zero-order valence-corrected chi connectivity index (χ0v) is 11.4. The van der Waals surface area contributed by atoms with E-state index in [9.17, 15) is 4.79 Å². The minimum atomic E-state index is 0.0653. The Morgan fingerprint density at radius 2 is 1.84 bits per heavy atom. The van der Waals surface area contributed by atoms with Crippen LogP contribution in [-0.2, 0) is 4.79 Å². The maximum Gasteiger partial charge on any atom is 0.230 e. The Morgan fingerprint density at radius 1 is 1.11 bits per heavy atom. The second-order valence-electron chi connectivity index (χ2n) is 5.59. The first-order valence-electron chi connectivity index (χ1n) is 7.48. The van der Waals surface area contributed by atoms with Crippen molar-refractivity contribution >= 4 is 11.6 Å². The van der Waals surface area contributed by atoms with Crippen molar-refractivity contribution in [1.29, 1.82) is 0 Å². The molecule has 1 atom stereocenters. The lowest BCUT2D eigenvalue weighted by Crippen LogP contribution is -2.38. The van der Waals surface area contributed by atoms with Gasteiger partial charge in [-0.15, -0.1) is 0 Å². The highest BCUT2D eigenvalue weighted by Gasteiger charge is 2.29. The van der Waals surface area contributed by atoms with Crippen LogP contribution in [0, 0.1) is 0 Å². The van der Waals surface area contributed by atoms with Gasteiger partial charge in [-0.3, -0.25) is 4.79 Å². The molecule has 1 unspecified atom stereocenters. The average molecular weight is 258 g/mol. The number of carbonyl (C=O) groups is 1. The highest BCUT2D eigenvalue weighted by Crippen LogP contribution is 2.33. The van der Waals surface area contributed by atoms with Gasteiger partial charge in [-0.05, 0) is 30.9 Å². The maximum atomic E-state index is 12.8. The van der Waals surface area contributed by atoms with E-state index in [-0.39, 0.29) is 5.92 Å². The van der Waals surface area contributed by atoms with Crippen molar-refractivity contribution in [1.82, 2.24) is 4.90 Å². The molecule has 0 aromatic heterocycles. The number of anilines is 1. The molecule has 1 saturated heterocycles. The maximum absolute atomic E-state index is 12.8. The average Bonchev–Trinajstić information content (AvgIpc) is 2.75. The Labute approximate surface area is 115 Å². The SMILES string of the molecule is O=C(C1CCNc2ccccc21)N1CCCCCC1. The smallest absolute Gasteiger partial charge is 0.230 e. The summed E-state index contributed by atoms with van der Waals surface area (Å²) in [5.74, 6) is 0.409. The fourth-order valence-corrected chi connectivity index (χ4v) is 3.24. The van der Waals surface area contributed by atoms with Gasteiger partial charge in [0.2, 0.25) is 5.91 Å². The number of carbonyl (C=O) groups excluding carboxylic acids is 1. The lowest BCUT2D eigenvalue weighted by Gasteiger charge is -2.30. The number of hydrogen-bond acceptors (Lipinski definition) is 2. The van der Waals surface area contributed by atoms with Gasteiger partial charge in [0, 0.05) is 25.3 Å². The molecule has 0 saturated carbocycles. The van der Waals surface area contributed by atoms with E-state index in [1.807, 2.05) is 12.1 Å². The van der Waals surface area contributed by atoms with Crippen LogP contribution in [-0.4, -0.2) is 30.4 Å². The van der Waals surface area contributed by atoms with E-state index >= 15 is 0 Å². The molecule has 2 aliphatic rings. The molecule has 1 aromatic carbocycles. The highest BCUT2D eigenvalue weighted by molar-refractivity contribution is 5.86. The number of nitrogens with one attached hydrogen (secondary N) is 1. The zero-order chi connectivity index (χ0) is 13.1. The molecule has 0 aliphatic carbocycles. The fraction of sp³-hybridized carbons (Fsp3) is 0.562. The quantitative estimate of drug-likeness (QED) is 0.840. The first-order valence-corrected chi connectivity index (χ1v) is 7.48. The predicted octanol–water partition coefficient (Wildman–Crippen LogP) is 2.99. The summed E-state index contributed by atoms with van der Waals surface area (Å²) in [4.78, 5) is 14.9. The molecule has 3 rings (SSSR count). The Bertz CT molecular complexity index is 450. The van der Waals surface area contributed by atoms with Gasteiger partial charge in [-0.25, -0.2) is 0 Å². The van der Waals surface area contributed by atoms with Gasteiger partial charge in [-0.1, -0.05) is 31.0 Å². The van der Waals surface area contributed by atoms with Crippen LogP contribution >= 0.6 is 0 Å². The monoisotopic (exact) mass is 258 g/mol. The Kier molecular flexibility index (Phi) is 3.72. The summed E-state index contributed by atoms with van der Waals surface area (Å²) in [6.45, 7) is 2.80. The molecule has 1 N–H and O–H groups in total. The first kappa shape index (κ1) is 12.5. The molecule has 1 fully saturated rings. The Morgan fingerprint density at radius 3 is 2.63 bits per heavy atom. The normalized spacial score (nSPS) is 23.2. The highest BCUT2D eigenvalue weighted by atomic mass is 16.2. The summed E-state index contributed by atoms with van der Waals surface area (Å²) in [6, 6.07) is 8.25. The van der Waals surface area contributed by atoms with Crippen LogP contribution in [0.25, 0.3) is 0 Å². The van der Waals surface area contributed by atoms with Crippen molar-refractivity contribution in [2.45, 2.75) is 38.0 Å². The van der Waals surface area contributed by atoms with E-state index in [1.165, 1.54) is 31.2 Å².